The van der Waals surface area contributed by atoms with E-state index in [1.165, 1.54) is 25.9 Å². The van der Waals surface area contributed by atoms with Gasteiger partial charge in [0, 0.05) is 19.1 Å². The number of aliphatic hydroxyl groups excluding tert-OH is 1. The minimum atomic E-state index is -0.131. The van der Waals surface area contributed by atoms with Crippen molar-refractivity contribution in [1.29, 1.82) is 0 Å². The molecular formula is C8H16N2O. The SMILES string of the molecule is O[C@H]1CNC[C@H]1N1CCCC1. The van der Waals surface area contributed by atoms with Crippen molar-refractivity contribution in [2.45, 2.75) is 25.0 Å². The molecule has 2 fully saturated rings. The summed E-state index contributed by atoms with van der Waals surface area (Å²) >= 11 is 0. The van der Waals surface area contributed by atoms with Crippen molar-refractivity contribution in [1.82, 2.24) is 10.2 Å². The largest absolute Gasteiger partial charge is 0.390 e. The molecule has 2 atom stereocenters. The fourth-order valence-corrected chi connectivity index (χ4v) is 2.10. The molecule has 0 aliphatic carbocycles. The summed E-state index contributed by atoms with van der Waals surface area (Å²) in [5, 5.41) is 12.8. The number of rotatable bonds is 1. The highest BCUT2D eigenvalue weighted by Gasteiger charge is 2.31. The average molecular weight is 156 g/mol. The van der Waals surface area contributed by atoms with Gasteiger partial charge in [0.2, 0.25) is 0 Å². The van der Waals surface area contributed by atoms with Gasteiger partial charge in [-0.3, -0.25) is 4.90 Å². The third kappa shape index (κ3) is 1.41. The normalized spacial score (nSPS) is 40.1. The van der Waals surface area contributed by atoms with Crippen molar-refractivity contribution >= 4 is 0 Å². The van der Waals surface area contributed by atoms with E-state index >= 15 is 0 Å². The summed E-state index contributed by atoms with van der Waals surface area (Å²) in [7, 11) is 0. The smallest absolute Gasteiger partial charge is 0.0831 e. The van der Waals surface area contributed by atoms with Crippen molar-refractivity contribution < 1.29 is 5.11 Å². The highest BCUT2D eigenvalue weighted by atomic mass is 16.3. The highest BCUT2D eigenvalue weighted by Crippen LogP contribution is 2.16. The van der Waals surface area contributed by atoms with E-state index < -0.39 is 0 Å². The monoisotopic (exact) mass is 156 g/mol. The fourth-order valence-electron chi connectivity index (χ4n) is 2.10. The van der Waals surface area contributed by atoms with Crippen molar-refractivity contribution in [3.63, 3.8) is 0 Å². The van der Waals surface area contributed by atoms with Gasteiger partial charge in [-0.2, -0.15) is 0 Å². The number of hydrogen-bond donors (Lipinski definition) is 2. The summed E-state index contributed by atoms with van der Waals surface area (Å²) < 4.78 is 0. The second-order valence-corrected chi connectivity index (χ2v) is 3.54. The van der Waals surface area contributed by atoms with Gasteiger partial charge >= 0.3 is 0 Å². The van der Waals surface area contributed by atoms with Crippen LogP contribution in [-0.4, -0.2) is 48.3 Å². The summed E-state index contributed by atoms with van der Waals surface area (Å²) in [5.41, 5.74) is 0. The zero-order valence-electron chi connectivity index (χ0n) is 6.79. The molecule has 0 aromatic heterocycles. The first-order chi connectivity index (χ1) is 5.38. The molecule has 2 heterocycles. The zero-order chi connectivity index (χ0) is 7.68. The summed E-state index contributed by atoms with van der Waals surface area (Å²) in [6.45, 7) is 4.12. The molecule has 3 heteroatoms. The lowest BCUT2D eigenvalue weighted by molar-refractivity contribution is 0.0985. The highest BCUT2D eigenvalue weighted by molar-refractivity contribution is 4.89. The molecule has 2 rings (SSSR count). The van der Waals surface area contributed by atoms with Gasteiger partial charge in [-0.25, -0.2) is 0 Å². The molecule has 0 spiro atoms. The first-order valence-corrected chi connectivity index (χ1v) is 4.51. The first kappa shape index (κ1) is 7.53. The average Bonchev–Trinajstić information content (AvgIpc) is 2.55. The Bertz CT molecular complexity index is 134. The number of β-amino-alcohol motifs (C(OH)–C–C–N with tert-alkyl or cyclic N) is 1. The Balaban J connectivity index is 1.92. The van der Waals surface area contributed by atoms with Crippen LogP contribution in [0.4, 0.5) is 0 Å². The predicted octanol–water partition coefficient (Wildman–Crippen LogP) is -0.585. The maximum absolute atomic E-state index is 9.55. The van der Waals surface area contributed by atoms with Gasteiger partial charge in [-0.15, -0.1) is 0 Å². The van der Waals surface area contributed by atoms with Crippen molar-refractivity contribution in [2.24, 2.45) is 0 Å². The Labute approximate surface area is 67.4 Å². The molecule has 0 unspecified atom stereocenters. The van der Waals surface area contributed by atoms with E-state index in [9.17, 15) is 5.11 Å². The molecule has 64 valence electrons. The van der Waals surface area contributed by atoms with Crippen LogP contribution in [0.2, 0.25) is 0 Å². The van der Waals surface area contributed by atoms with Crippen molar-refractivity contribution in [2.75, 3.05) is 26.2 Å². The lowest BCUT2D eigenvalue weighted by Gasteiger charge is -2.24. The Kier molecular flexibility index (Phi) is 2.11. The molecule has 0 radical (unpaired) electrons. The third-order valence-corrected chi connectivity index (χ3v) is 2.76. The minimum Gasteiger partial charge on any atom is -0.390 e. The quantitative estimate of drug-likeness (QED) is 0.533. The van der Waals surface area contributed by atoms with Crippen LogP contribution in [0, 0.1) is 0 Å². The molecule has 0 aromatic carbocycles. The van der Waals surface area contributed by atoms with Crippen molar-refractivity contribution in [3.05, 3.63) is 0 Å². The maximum atomic E-state index is 9.55. The lowest BCUT2D eigenvalue weighted by Crippen LogP contribution is -2.41. The van der Waals surface area contributed by atoms with Gasteiger partial charge in [-0.1, -0.05) is 0 Å². The van der Waals surface area contributed by atoms with Gasteiger partial charge in [-0.05, 0) is 25.9 Å². The Morgan fingerprint density at radius 3 is 2.45 bits per heavy atom. The number of nitrogens with one attached hydrogen (secondary N) is 1. The number of hydrogen-bond acceptors (Lipinski definition) is 3. The van der Waals surface area contributed by atoms with Crippen LogP contribution < -0.4 is 5.32 Å². The molecule has 2 N–H and O–H groups in total. The second-order valence-electron chi connectivity index (χ2n) is 3.54. The topological polar surface area (TPSA) is 35.5 Å². The summed E-state index contributed by atoms with van der Waals surface area (Å²) in [4.78, 5) is 2.41. The van der Waals surface area contributed by atoms with Gasteiger partial charge in [0.15, 0.2) is 0 Å². The first-order valence-electron chi connectivity index (χ1n) is 4.51. The molecule has 0 saturated carbocycles. The predicted molar refractivity (Wildman–Crippen MR) is 43.5 cm³/mol. The Morgan fingerprint density at radius 2 is 1.91 bits per heavy atom. The Morgan fingerprint density at radius 1 is 1.18 bits per heavy atom. The van der Waals surface area contributed by atoms with Crippen LogP contribution in [0.1, 0.15) is 12.8 Å². The number of likely N-dealkylation sites (tertiary alicyclic amines) is 1. The Hall–Kier alpha value is -0.120. The molecule has 0 amide bonds. The van der Waals surface area contributed by atoms with E-state index in [0.29, 0.717) is 6.04 Å². The van der Waals surface area contributed by atoms with Crippen LogP contribution in [0.5, 0.6) is 0 Å². The summed E-state index contributed by atoms with van der Waals surface area (Å²) in [6.07, 6.45) is 2.49. The second kappa shape index (κ2) is 3.09. The maximum Gasteiger partial charge on any atom is 0.0831 e. The van der Waals surface area contributed by atoms with Gasteiger partial charge in [0.1, 0.15) is 0 Å². The summed E-state index contributed by atoms with van der Waals surface area (Å²) in [5.74, 6) is 0. The van der Waals surface area contributed by atoms with E-state index in [4.69, 9.17) is 0 Å². The fraction of sp³-hybridized carbons (Fsp3) is 1.00. The van der Waals surface area contributed by atoms with Crippen LogP contribution in [0.3, 0.4) is 0 Å². The van der Waals surface area contributed by atoms with E-state index in [1.54, 1.807) is 0 Å². The molecule has 2 saturated heterocycles. The molecule has 3 nitrogen and oxygen atoms in total. The van der Waals surface area contributed by atoms with Crippen molar-refractivity contribution in [3.8, 4) is 0 Å². The van der Waals surface area contributed by atoms with Gasteiger partial charge in [0.25, 0.3) is 0 Å². The molecule has 2 aliphatic rings. The molecular weight excluding hydrogens is 140 g/mol. The van der Waals surface area contributed by atoms with E-state index in [2.05, 4.69) is 10.2 Å². The lowest BCUT2D eigenvalue weighted by atomic mass is 10.2. The van der Waals surface area contributed by atoms with E-state index in [1.807, 2.05) is 0 Å². The molecule has 11 heavy (non-hydrogen) atoms. The van der Waals surface area contributed by atoms with Crippen LogP contribution in [-0.2, 0) is 0 Å². The van der Waals surface area contributed by atoms with Crippen LogP contribution >= 0.6 is 0 Å². The number of aliphatic hydroxyl groups is 1. The van der Waals surface area contributed by atoms with E-state index in [-0.39, 0.29) is 6.10 Å². The minimum absolute atomic E-state index is 0.131. The standard InChI is InChI=1S/C8H16N2O/c11-8-6-9-5-7(8)10-3-1-2-4-10/h7-9,11H,1-6H2/t7-,8+/m1/s1. The number of nitrogens with zero attached hydrogens (tertiary/aromatic N) is 1. The third-order valence-electron chi connectivity index (χ3n) is 2.76. The molecule has 0 aromatic rings. The van der Waals surface area contributed by atoms with E-state index in [0.717, 1.165) is 13.1 Å². The van der Waals surface area contributed by atoms with Crippen LogP contribution in [0.15, 0.2) is 0 Å². The van der Waals surface area contributed by atoms with Gasteiger partial charge in [0.05, 0.1) is 6.10 Å². The molecule has 2 aliphatic heterocycles. The molecule has 0 bridgehead atoms. The van der Waals surface area contributed by atoms with Gasteiger partial charge < -0.3 is 10.4 Å². The summed E-state index contributed by atoms with van der Waals surface area (Å²) in [6, 6.07) is 0.400. The zero-order valence-corrected chi connectivity index (χ0v) is 6.79. The van der Waals surface area contributed by atoms with Crippen LogP contribution in [0.25, 0.3) is 0 Å².